The number of halogens is 3. The number of pyridine rings is 1. The van der Waals surface area contributed by atoms with Crippen molar-refractivity contribution >= 4 is 12.2 Å². The van der Waals surface area contributed by atoms with E-state index in [9.17, 15) is 13.2 Å². The molecule has 1 N–H and O–H groups in total. The Morgan fingerprint density at radius 3 is 2.50 bits per heavy atom. The molecule has 7 heteroatoms. The molecule has 2 aromatic heterocycles. The first-order valence-corrected chi connectivity index (χ1v) is 5.39. The summed E-state index contributed by atoms with van der Waals surface area (Å²) in [5, 5.41) is 0. The van der Waals surface area contributed by atoms with Crippen molar-refractivity contribution in [2.75, 3.05) is 0 Å². The largest absolute Gasteiger partial charge is 0.433 e. The molecule has 0 saturated carbocycles. The maximum absolute atomic E-state index is 12.5. The first-order chi connectivity index (χ1) is 8.38. The van der Waals surface area contributed by atoms with Crippen molar-refractivity contribution in [3.63, 3.8) is 0 Å². The van der Waals surface area contributed by atoms with Gasteiger partial charge in [-0.1, -0.05) is 0 Å². The first-order valence-electron chi connectivity index (χ1n) is 4.98. The Balaban J connectivity index is 2.52. The van der Waals surface area contributed by atoms with Gasteiger partial charge in [0.15, 0.2) is 4.77 Å². The number of alkyl halides is 3. The second-order valence-corrected chi connectivity index (χ2v) is 4.00. The van der Waals surface area contributed by atoms with E-state index in [0.717, 1.165) is 6.07 Å². The molecule has 2 aromatic rings. The van der Waals surface area contributed by atoms with Gasteiger partial charge in [0.25, 0.3) is 0 Å². The Labute approximate surface area is 106 Å². The summed E-state index contributed by atoms with van der Waals surface area (Å²) < 4.78 is 37.7. The van der Waals surface area contributed by atoms with Crippen molar-refractivity contribution < 1.29 is 13.2 Å². The summed E-state index contributed by atoms with van der Waals surface area (Å²) in [6.07, 6.45) is -2.94. The molecule has 0 amide bonds. The molecule has 18 heavy (non-hydrogen) atoms. The summed E-state index contributed by atoms with van der Waals surface area (Å²) in [5.41, 5.74) is 0.531. The minimum Gasteiger partial charge on any atom is -0.330 e. The molecule has 0 aliphatic rings. The molecule has 0 radical (unpaired) electrons. The van der Waals surface area contributed by atoms with Crippen molar-refractivity contribution in [2.45, 2.75) is 13.1 Å². The number of nitrogens with one attached hydrogen (secondary N) is 1. The topological polar surface area (TPSA) is 41.6 Å². The fraction of sp³-hybridized carbons (Fsp3) is 0.182. The quantitative estimate of drug-likeness (QED) is 0.807. The van der Waals surface area contributed by atoms with Gasteiger partial charge in [-0.05, 0) is 37.3 Å². The molecular weight excluding hydrogens is 263 g/mol. The second-order valence-electron chi connectivity index (χ2n) is 3.62. The zero-order valence-corrected chi connectivity index (χ0v) is 10.1. The second kappa shape index (κ2) is 4.49. The van der Waals surface area contributed by atoms with Crippen LogP contribution < -0.4 is 0 Å². The minimum absolute atomic E-state index is 0.270. The molecular formula is C11H8F3N3S. The SMILES string of the molecule is Cc1nc(C(F)(F)F)ccc1-c1ccnc(=S)[nH]1. The lowest BCUT2D eigenvalue weighted by molar-refractivity contribution is -0.141. The van der Waals surface area contributed by atoms with Crippen LogP contribution in [-0.4, -0.2) is 15.0 Å². The molecule has 0 atom stereocenters. The van der Waals surface area contributed by atoms with Crippen LogP contribution in [0.5, 0.6) is 0 Å². The Hall–Kier alpha value is -1.76. The van der Waals surface area contributed by atoms with Crippen LogP contribution in [0.1, 0.15) is 11.4 Å². The van der Waals surface area contributed by atoms with Gasteiger partial charge in [-0.3, -0.25) is 0 Å². The maximum atomic E-state index is 12.5. The molecule has 0 aliphatic carbocycles. The van der Waals surface area contributed by atoms with Gasteiger partial charge in [-0.15, -0.1) is 0 Å². The number of rotatable bonds is 1. The van der Waals surface area contributed by atoms with Crippen LogP contribution in [0.3, 0.4) is 0 Å². The lowest BCUT2D eigenvalue weighted by Crippen LogP contribution is -2.09. The van der Waals surface area contributed by atoms with Crippen molar-refractivity contribution in [1.29, 1.82) is 0 Å². The number of aromatic nitrogens is 3. The number of aryl methyl sites for hydroxylation is 1. The Morgan fingerprint density at radius 1 is 1.22 bits per heavy atom. The zero-order valence-electron chi connectivity index (χ0n) is 9.25. The highest BCUT2D eigenvalue weighted by Crippen LogP contribution is 2.30. The number of H-pyrrole nitrogens is 1. The monoisotopic (exact) mass is 271 g/mol. The molecule has 3 nitrogen and oxygen atoms in total. The number of hydrogen-bond donors (Lipinski definition) is 1. The van der Waals surface area contributed by atoms with Gasteiger partial charge in [0.05, 0.1) is 5.69 Å². The third-order valence-electron chi connectivity index (χ3n) is 2.34. The van der Waals surface area contributed by atoms with Gasteiger partial charge < -0.3 is 4.98 Å². The summed E-state index contributed by atoms with van der Waals surface area (Å²) in [6.45, 7) is 1.52. The zero-order chi connectivity index (χ0) is 13.3. The van der Waals surface area contributed by atoms with E-state index < -0.39 is 11.9 Å². The van der Waals surface area contributed by atoms with Crippen LogP contribution in [0.2, 0.25) is 0 Å². The molecule has 0 aromatic carbocycles. The molecule has 0 saturated heterocycles. The van der Waals surface area contributed by atoms with E-state index in [0.29, 0.717) is 11.3 Å². The van der Waals surface area contributed by atoms with Gasteiger partial charge >= 0.3 is 6.18 Å². The predicted octanol–water partition coefficient (Wildman–Crippen LogP) is 3.53. The van der Waals surface area contributed by atoms with Gasteiger partial charge in [-0.25, -0.2) is 9.97 Å². The van der Waals surface area contributed by atoms with E-state index in [1.165, 1.54) is 19.2 Å². The molecule has 0 aliphatic heterocycles. The Bertz CT molecular complexity index is 634. The molecule has 94 valence electrons. The normalized spacial score (nSPS) is 11.6. The fourth-order valence-electron chi connectivity index (χ4n) is 1.53. The minimum atomic E-state index is -4.44. The summed E-state index contributed by atoms with van der Waals surface area (Å²) in [4.78, 5) is 10.2. The highest BCUT2D eigenvalue weighted by atomic mass is 32.1. The lowest BCUT2D eigenvalue weighted by Gasteiger charge is -2.09. The van der Waals surface area contributed by atoms with Crippen molar-refractivity contribution in [3.8, 4) is 11.3 Å². The van der Waals surface area contributed by atoms with Crippen LogP contribution in [0, 0.1) is 11.7 Å². The molecule has 2 rings (SSSR count). The first kappa shape index (κ1) is 12.7. The third-order valence-corrected chi connectivity index (χ3v) is 2.55. The van der Waals surface area contributed by atoms with Gasteiger partial charge in [0.2, 0.25) is 0 Å². The van der Waals surface area contributed by atoms with Gasteiger partial charge in [-0.2, -0.15) is 13.2 Å². The lowest BCUT2D eigenvalue weighted by atomic mass is 10.1. The molecule has 0 fully saturated rings. The van der Waals surface area contributed by atoms with Crippen molar-refractivity contribution in [3.05, 3.63) is 40.6 Å². The number of hydrogen-bond acceptors (Lipinski definition) is 3. The highest BCUT2D eigenvalue weighted by Gasteiger charge is 2.32. The molecule has 0 spiro atoms. The van der Waals surface area contributed by atoms with Crippen LogP contribution in [0.15, 0.2) is 24.4 Å². The smallest absolute Gasteiger partial charge is 0.330 e. The van der Waals surface area contributed by atoms with Crippen LogP contribution in [0.25, 0.3) is 11.3 Å². The highest BCUT2D eigenvalue weighted by molar-refractivity contribution is 7.71. The van der Waals surface area contributed by atoms with Crippen molar-refractivity contribution in [2.24, 2.45) is 0 Å². The Kier molecular flexibility index (Phi) is 3.16. The predicted molar refractivity (Wildman–Crippen MR) is 62.4 cm³/mol. The van der Waals surface area contributed by atoms with Gasteiger partial charge in [0, 0.05) is 17.5 Å². The summed E-state index contributed by atoms with van der Waals surface area (Å²) in [5.74, 6) is 0. The van der Waals surface area contributed by atoms with E-state index in [1.54, 1.807) is 6.07 Å². The summed E-state index contributed by atoms with van der Waals surface area (Å²) in [7, 11) is 0. The average Bonchev–Trinajstić information content (AvgIpc) is 2.27. The van der Waals surface area contributed by atoms with Crippen LogP contribution >= 0.6 is 12.2 Å². The van der Waals surface area contributed by atoms with E-state index in [-0.39, 0.29) is 10.5 Å². The molecule has 2 heterocycles. The Morgan fingerprint density at radius 2 is 1.94 bits per heavy atom. The van der Waals surface area contributed by atoms with Crippen LogP contribution in [-0.2, 0) is 6.18 Å². The van der Waals surface area contributed by atoms with E-state index in [1.807, 2.05) is 0 Å². The summed E-state index contributed by atoms with van der Waals surface area (Å²) >= 11 is 4.86. The maximum Gasteiger partial charge on any atom is 0.433 e. The summed E-state index contributed by atoms with van der Waals surface area (Å²) in [6, 6.07) is 3.94. The molecule has 0 bridgehead atoms. The molecule has 0 unspecified atom stereocenters. The third kappa shape index (κ3) is 2.56. The van der Waals surface area contributed by atoms with E-state index in [2.05, 4.69) is 15.0 Å². The standard InChI is InChI=1S/C11H8F3N3S/c1-6-7(8-4-5-15-10(18)17-8)2-3-9(16-6)11(12,13)14/h2-5H,1H3,(H,15,17,18). The van der Waals surface area contributed by atoms with Crippen LogP contribution in [0.4, 0.5) is 13.2 Å². The van der Waals surface area contributed by atoms with E-state index >= 15 is 0 Å². The van der Waals surface area contributed by atoms with E-state index in [4.69, 9.17) is 12.2 Å². The number of aromatic amines is 1. The fourth-order valence-corrected chi connectivity index (χ4v) is 1.70. The van der Waals surface area contributed by atoms with Crippen molar-refractivity contribution in [1.82, 2.24) is 15.0 Å². The number of nitrogens with zero attached hydrogens (tertiary/aromatic N) is 2. The average molecular weight is 271 g/mol. The van der Waals surface area contributed by atoms with Gasteiger partial charge in [0.1, 0.15) is 5.69 Å².